The van der Waals surface area contributed by atoms with Gasteiger partial charge in [0.25, 0.3) is 0 Å². The van der Waals surface area contributed by atoms with E-state index in [4.69, 9.17) is 2.74 Å². The standard InChI is InChI=1S/C23H23F2N2O2P/c24-16-2-5-18-19(13-16)22(28)14-26-21(18)11-15-1-6-20(25)23(12-15)30(29)9-7-27(8-10-30)17-3-4-17/h1-2,5-6,12-13,17H,3-4,7-11,14H2/i11D2. The topological polar surface area (TPSA) is 49.7 Å². The molecule has 0 N–H and O–H groups in total. The fourth-order valence-corrected chi connectivity index (χ4v) is 6.97. The number of fused-ring (bicyclic) bond motifs is 1. The van der Waals surface area contributed by atoms with Crippen LogP contribution in [0.4, 0.5) is 8.78 Å². The summed E-state index contributed by atoms with van der Waals surface area (Å²) in [6.07, 6.45) is 0.897. The fourth-order valence-electron chi connectivity index (χ4n) is 4.27. The number of halogens is 2. The van der Waals surface area contributed by atoms with Crippen LogP contribution in [-0.4, -0.2) is 54.4 Å². The highest BCUT2D eigenvalue weighted by Crippen LogP contribution is 2.48. The molecule has 2 aromatic rings. The van der Waals surface area contributed by atoms with Crippen molar-refractivity contribution in [3.8, 4) is 0 Å². The second-order valence-electron chi connectivity index (χ2n) is 8.17. The predicted molar refractivity (Wildman–Crippen MR) is 114 cm³/mol. The summed E-state index contributed by atoms with van der Waals surface area (Å²) < 4.78 is 59.7. The number of nitrogens with zero attached hydrogens (tertiary/aromatic N) is 2. The molecule has 1 aliphatic carbocycles. The number of carbonyl (C=O) groups excluding carboxylic acids is 1. The van der Waals surface area contributed by atoms with Crippen molar-refractivity contribution in [3.63, 3.8) is 0 Å². The van der Waals surface area contributed by atoms with E-state index in [9.17, 15) is 18.1 Å². The number of Topliss-reactive ketones (excluding diaryl/α,β-unsaturated/α-hetero) is 1. The van der Waals surface area contributed by atoms with Crippen LogP contribution in [-0.2, 0) is 10.9 Å². The molecule has 1 saturated carbocycles. The number of benzene rings is 2. The molecule has 3 aliphatic rings. The SMILES string of the molecule is [2H]C([2H])(C1=NCC(=O)c2cc(F)ccc21)c1ccc(F)c(P2(=O)CCN(C3CC3)CC2)c1. The number of hydrogen-bond acceptors (Lipinski definition) is 4. The van der Waals surface area contributed by atoms with Crippen LogP contribution in [0.15, 0.2) is 41.4 Å². The van der Waals surface area contributed by atoms with E-state index in [0.717, 1.165) is 31.0 Å². The molecule has 0 bridgehead atoms. The van der Waals surface area contributed by atoms with E-state index in [0.29, 0.717) is 31.5 Å². The van der Waals surface area contributed by atoms with Crippen molar-refractivity contribution in [2.45, 2.75) is 25.3 Å². The van der Waals surface area contributed by atoms with Gasteiger partial charge in [0.2, 0.25) is 0 Å². The van der Waals surface area contributed by atoms with Crippen LogP contribution in [0.3, 0.4) is 0 Å². The predicted octanol–water partition coefficient (Wildman–Crippen LogP) is 3.66. The molecular formula is C23H23F2N2O2P. The van der Waals surface area contributed by atoms with Gasteiger partial charge < -0.3 is 4.57 Å². The van der Waals surface area contributed by atoms with Crippen molar-refractivity contribution in [3.05, 3.63) is 64.7 Å². The number of carbonyl (C=O) groups is 1. The lowest BCUT2D eigenvalue weighted by atomic mass is 9.93. The second-order valence-corrected chi connectivity index (χ2v) is 11.3. The summed E-state index contributed by atoms with van der Waals surface area (Å²) in [4.78, 5) is 18.6. The van der Waals surface area contributed by atoms with Gasteiger partial charge in [0.05, 0.1) is 0 Å². The Morgan fingerprint density at radius 2 is 1.87 bits per heavy atom. The first-order chi connectivity index (χ1) is 15.2. The van der Waals surface area contributed by atoms with Gasteiger partial charge in [0, 0.05) is 62.7 Å². The Labute approximate surface area is 177 Å². The molecule has 2 aromatic carbocycles. The zero-order chi connectivity index (χ0) is 22.7. The van der Waals surface area contributed by atoms with E-state index in [1.165, 1.54) is 18.2 Å². The van der Waals surface area contributed by atoms with E-state index in [1.807, 2.05) is 0 Å². The molecule has 0 unspecified atom stereocenters. The largest absolute Gasteiger partial charge is 0.318 e. The molecule has 156 valence electrons. The maximum absolute atomic E-state index is 14.8. The maximum Gasteiger partial charge on any atom is 0.184 e. The molecule has 0 amide bonds. The van der Waals surface area contributed by atoms with Gasteiger partial charge in [0.1, 0.15) is 25.3 Å². The number of hydrogen-bond donors (Lipinski definition) is 0. The summed E-state index contributed by atoms with van der Waals surface area (Å²) >= 11 is 0. The summed E-state index contributed by atoms with van der Waals surface area (Å²) in [5.41, 5.74) is 0.424. The van der Waals surface area contributed by atoms with Gasteiger partial charge in [-0.3, -0.25) is 14.7 Å². The van der Waals surface area contributed by atoms with E-state index in [2.05, 4.69) is 9.89 Å². The summed E-state index contributed by atoms with van der Waals surface area (Å²) in [5.74, 6) is -1.56. The average Bonchev–Trinajstić information content (AvgIpc) is 3.60. The molecule has 4 nitrogen and oxygen atoms in total. The van der Waals surface area contributed by atoms with Crippen molar-refractivity contribution in [1.82, 2.24) is 4.90 Å². The first kappa shape index (κ1) is 17.5. The number of ketones is 1. The highest BCUT2D eigenvalue weighted by atomic mass is 31.2. The van der Waals surface area contributed by atoms with Crippen LogP contribution in [0, 0.1) is 11.6 Å². The Morgan fingerprint density at radius 1 is 1.10 bits per heavy atom. The maximum atomic E-state index is 14.8. The molecule has 1 saturated heterocycles. The molecule has 0 spiro atoms. The Hall–Kier alpha value is -2.17. The van der Waals surface area contributed by atoms with Crippen molar-refractivity contribution < 1.29 is 20.9 Å². The molecule has 5 rings (SSSR count). The molecule has 2 fully saturated rings. The Kier molecular flexibility index (Phi) is 4.38. The first-order valence-electron chi connectivity index (χ1n) is 11.2. The quantitative estimate of drug-likeness (QED) is 0.696. The lowest BCUT2D eigenvalue weighted by Crippen LogP contribution is -2.39. The van der Waals surface area contributed by atoms with Crippen molar-refractivity contribution >= 4 is 23.9 Å². The third kappa shape index (κ3) is 3.67. The molecule has 0 aromatic heterocycles. The van der Waals surface area contributed by atoms with Gasteiger partial charge in [0.15, 0.2) is 5.78 Å². The third-order valence-corrected chi connectivity index (χ3v) is 9.19. The molecule has 2 heterocycles. The monoisotopic (exact) mass is 430 g/mol. The summed E-state index contributed by atoms with van der Waals surface area (Å²) in [5, 5.41) is 0.0844. The van der Waals surface area contributed by atoms with Gasteiger partial charge in [-0.15, -0.1) is 0 Å². The van der Waals surface area contributed by atoms with Gasteiger partial charge in [-0.25, -0.2) is 8.78 Å². The summed E-state index contributed by atoms with van der Waals surface area (Å²) in [6, 6.07) is 8.01. The van der Waals surface area contributed by atoms with Crippen LogP contribution in [0.5, 0.6) is 0 Å². The van der Waals surface area contributed by atoms with Crippen LogP contribution in [0.25, 0.3) is 0 Å². The Bertz CT molecular complexity index is 1180. The van der Waals surface area contributed by atoms with Crippen molar-refractivity contribution in [2.24, 2.45) is 4.99 Å². The van der Waals surface area contributed by atoms with Crippen LogP contribution < -0.4 is 5.30 Å². The number of rotatable bonds is 4. The fraction of sp³-hybridized carbons (Fsp3) is 0.391. The molecule has 7 heteroatoms. The Balaban J connectivity index is 1.50. The summed E-state index contributed by atoms with van der Waals surface area (Å²) in [7, 11) is -3.00. The minimum Gasteiger partial charge on any atom is -0.318 e. The molecule has 2 aliphatic heterocycles. The first-order valence-corrected chi connectivity index (χ1v) is 12.3. The van der Waals surface area contributed by atoms with Crippen LogP contribution in [0.1, 0.15) is 37.1 Å². The average molecular weight is 430 g/mol. The van der Waals surface area contributed by atoms with Gasteiger partial charge >= 0.3 is 0 Å². The van der Waals surface area contributed by atoms with E-state index in [1.54, 1.807) is 0 Å². The van der Waals surface area contributed by atoms with Gasteiger partial charge in [-0.05, 0) is 48.7 Å². The number of aliphatic imine (C=N–C) groups is 1. The highest BCUT2D eigenvalue weighted by molar-refractivity contribution is 7.71. The van der Waals surface area contributed by atoms with Crippen molar-refractivity contribution in [1.29, 1.82) is 0 Å². The second kappa shape index (κ2) is 7.51. The smallest absolute Gasteiger partial charge is 0.184 e. The van der Waals surface area contributed by atoms with E-state index in [-0.39, 0.29) is 40.0 Å². The highest BCUT2D eigenvalue weighted by Gasteiger charge is 2.38. The minimum absolute atomic E-state index is 0.00788. The van der Waals surface area contributed by atoms with Crippen LogP contribution >= 0.6 is 7.14 Å². The zero-order valence-corrected chi connectivity index (χ0v) is 17.3. The van der Waals surface area contributed by atoms with Crippen molar-refractivity contribution in [2.75, 3.05) is 32.0 Å². The minimum atomic E-state index is -3.00. The van der Waals surface area contributed by atoms with Gasteiger partial charge in [-0.2, -0.15) is 0 Å². The Morgan fingerprint density at radius 3 is 2.60 bits per heavy atom. The van der Waals surface area contributed by atoms with E-state index < -0.39 is 25.1 Å². The molecular weight excluding hydrogens is 405 g/mol. The van der Waals surface area contributed by atoms with E-state index >= 15 is 0 Å². The zero-order valence-electron chi connectivity index (χ0n) is 18.4. The lowest BCUT2D eigenvalue weighted by molar-refractivity contribution is 0.0999. The lowest BCUT2D eigenvalue weighted by Gasteiger charge is -2.32. The molecule has 0 atom stereocenters. The van der Waals surface area contributed by atoms with Gasteiger partial charge in [-0.1, -0.05) is 6.07 Å². The van der Waals surface area contributed by atoms with Crippen LogP contribution in [0.2, 0.25) is 0 Å². The molecule has 30 heavy (non-hydrogen) atoms. The normalized spacial score (nSPS) is 22.7. The third-order valence-electron chi connectivity index (χ3n) is 6.13. The summed E-state index contributed by atoms with van der Waals surface area (Å²) in [6.45, 7) is 1.04. The molecule has 0 radical (unpaired) electrons.